The van der Waals surface area contributed by atoms with Crippen molar-refractivity contribution in [3.05, 3.63) is 43.1 Å². The molecule has 0 spiro atoms. The monoisotopic (exact) mass is 442 g/mol. The van der Waals surface area contributed by atoms with Crippen molar-refractivity contribution in [3.63, 3.8) is 0 Å². The maximum atomic E-state index is 13.1. The molecule has 1 amide bonds. The van der Waals surface area contributed by atoms with E-state index >= 15 is 0 Å². The quantitative estimate of drug-likeness (QED) is 0.624. The van der Waals surface area contributed by atoms with Gasteiger partial charge in [-0.15, -0.1) is 22.7 Å². The third-order valence-electron chi connectivity index (χ3n) is 5.06. The molecule has 1 aliphatic rings. The Kier molecular flexibility index (Phi) is 5.17. The summed E-state index contributed by atoms with van der Waals surface area (Å²) in [5.74, 6) is -1.40. The standard InChI is InChI=1S/C20H18N4O4S2/c1-9(2)16-23-18-15(12(8-29-18)20(27)28)19(26)24(16)7-14(25)22-17-11(6-21)10-4-3-5-13(10)30-17/h8-9H,3-5,7H2,1-2H3,(H,22,25)(H,27,28). The summed E-state index contributed by atoms with van der Waals surface area (Å²) >= 11 is 2.50. The van der Waals surface area contributed by atoms with Crippen molar-refractivity contribution in [2.24, 2.45) is 0 Å². The Bertz CT molecular complexity index is 1290. The van der Waals surface area contributed by atoms with E-state index in [1.165, 1.54) is 21.3 Å². The highest BCUT2D eigenvalue weighted by molar-refractivity contribution is 7.17. The van der Waals surface area contributed by atoms with E-state index in [1.807, 2.05) is 13.8 Å². The third kappa shape index (κ3) is 3.30. The summed E-state index contributed by atoms with van der Waals surface area (Å²) in [4.78, 5) is 43.3. The number of nitrogens with zero attached hydrogens (tertiary/aromatic N) is 3. The Balaban J connectivity index is 1.72. The molecule has 3 heterocycles. The van der Waals surface area contributed by atoms with Crippen LogP contribution in [0.4, 0.5) is 5.00 Å². The number of hydrogen-bond acceptors (Lipinski definition) is 7. The maximum Gasteiger partial charge on any atom is 0.337 e. The normalized spacial score (nSPS) is 12.9. The highest BCUT2D eigenvalue weighted by Crippen LogP contribution is 2.38. The molecule has 0 radical (unpaired) electrons. The average Bonchev–Trinajstić information content (AvgIpc) is 3.37. The van der Waals surface area contributed by atoms with Crippen LogP contribution in [0.3, 0.4) is 0 Å². The topological polar surface area (TPSA) is 125 Å². The maximum absolute atomic E-state index is 13.1. The van der Waals surface area contributed by atoms with E-state index in [4.69, 9.17) is 0 Å². The molecular weight excluding hydrogens is 424 g/mol. The highest BCUT2D eigenvalue weighted by atomic mass is 32.1. The number of carboxylic acid groups (broad SMARTS) is 1. The fourth-order valence-electron chi connectivity index (χ4n) is 3.71. The zero-order valence-corrected chi connectivity index (χ0v) is 17.9. The predicted molar refractivity (Wildman–Crippen MR) is 115 cm³/mol. The Labute approximate surface area is 179 Å². The van der Waals surface area contributed by atoms with E-state index in [0.29, 0.717) is 21.2 Å². The van der Waals surface area contributed by atoms with Crippen LogP contribution in [0.25, 0.3) is 10.2 Å². The molecule has 0 bridgehead atoms. The van der Waals surface area contributed by atoms with E-state index in [0.717, 1.165) is 41.0 Å². The van der Waals surface area contributed by atoms with E-state index in [1.54, 1.807) is 0 Å². The molecule has 3 aromatic heterocycles. The van der Waals surface area contributed by atoms with Gasteiger partial charge in [0, 0.05) is 16.2 Å². The molecule has 0 saturated carbocycles. The van der Waals surface area contributed by atoms with Crippen molar-refractivity contribution in [1.29, 1.82) is 5.26 Å². The molecule has 3 aromatic rings. The van der Waals surface area contributed by atoms with E-state index < -0.39 is 17.4 Å². The fourth-order valence-corrected chi connectivity index (χ4v) is 5.88. The number of nitrogens with one attached hydrogen (secondary N) is 1. The van der Waals surface area contributed by atoms with E-state index in [9.17, 15) is 24.8 Å². The Hall–Kier alpha value is -3.03. The van der Waals surface area contributed by atoms with Gasteiger partial charge in [-0.3, -0.25) is 14.2 Å². The number of thiophene rings is 2. The second kappa shape index (κ2) is 7.66. The zero-order valence-electron chi connectivity index (χ0n) is 16.3. The SMILES string of the molecule is CC(C)c1nc2scc(C(=O)O)c2c(=O)n1CC(=O)Nc1sc2c(c1C#N)CCC2. The van der Waals surface area contributed by atoms with Crippen molar-refractivity contribution in [2.75, 3.05) is 5.32 Å². The van der Waals surface area contributed by atoms with E-state index in [-0.39, 0.29) is 23.4 Å². The van der Waals surface area contributed by atoms with Crippen LogP contribution < -0.4 is 10.9 Å². The molecule has 4 rings (SSSR count). The second-order valence-corrected chi connectivity index (χ2v) is 9.34. The van der Waals surface area contributed by atoms with Crippen molar-refractivity contribution in [2.45, 2.75) is 45.6 Å². The summed E-state index contributed by atoms with van der Waals surface area (Å²) in [5.41, 5.74) is 0.840. The largest absolute Gasteiger partial charge is 0.478 e. The lowest BCUT2D eigenvalue weighted by Gasteiger charge is -2.15. The zero-order chi connectivity index (χ0) is 21.6. The summed E-state index contributed by atoms with van der Waals surface area (Å²) in [6.45, 7) is 3.40. The van der Waals surface area contributed by atoms with Crippen LogP contribution in [0.15, 0.2) is 10.2 Å². The molecule has 8 nitrogen and oxygen atoms in total. The van der Waals surface area contributed by atoms with Crippen LogP contribution in [0.1, 0.15) is 58.4 Å². The average molecular weight is 443 g/mol. The Morgan fingerprint density at radius 1 is 1.40 bits per heavy atom. The minimum absolute atomic E-state index is 0.0116. The molecule has 0 unspecified atom stereocenters. The van der Waals surface area contributed by atoms with Crippen LogP contribution >= 0.6 is 22.7 Å². The predicted octanol–water partition coefficient (Wildman–Crippen LogP) is 3.34. The van der Waals surface area contributed by atoms with Crippen LogP contribution in [0, 0.1) is 11.3 Å². The van der Waals surface area contributed by atoms with Gasteiger partial charge < -0.3 is 10.4 Å². The molecule has 154 valence electrons. The van der Waals surface area contributed by atoms with Gasteiger partial charge in [-0.1, -0.05) is 13.8 Å². The summed E-state index contributed by atoms with van der Waals surface area (Å²) in [5, 5.41) is 23.6. The van der Waals surface area contributed by atoms with Gasteiger partial charge >= 0.3 is 5.97 Å². The van der Waals surface area contributed by atoms with Crippen LogP contribution in [0.5, 0.6) is 0 Å². The third-order valence-corrected chi connectivity index (χ3v) is 7.14. The fraction of sp³-hybridized carbons (Fsp3) is 0.350. The van der Waals surface area contributed by atoms with Gasteiger partial charge in [0.25, 0.3) is 5.56 Å². The number of fused-ring (bicyclic) bond motifs is 2. The number of hydrogen-bond donors (Lipinski definition) is 2. The van der Waals surface area contributed by atoms with Gasteiger partial charge in [0.1, 0.15) is 28.3 Å². The number of amides is 1. The number of anilines is 1. The van der Waals surface area contributed by atoms with Crippen LogP contribution in [0.2, 0.25) is 0 Å². The minimum atomic E-state index is -1.21. The summed E-state index contributed by atoms with van der Waals surface area (Å²) in [6.07, 6.45) is 2.74. The van der Waals surface area contributed by atoms with Crippen molar-refractivity contribution >= 4 is 49.8 Å². The number of aromatic carboxylic acids is 1. The van der Waals surface area contributed by atoms with Gasteiger partial charge in [0.2, 0.25) is 5.91 Å². The molecule has 0 aliphatic heterocycles. The summed E-state index contributed by atoms with van der Waals surface area (Å²) in [7, 11) is 0. The second-order valence-electron chi connectivity index (χ2n) is 7.37. The van der Waals surface area contributed by atoms with Crippen LogP contribution in [-0.2, 0) is 24.2 Å². The number of rotatable bonds is 5. The molecule has 10 heteroatoms. The number of aromatic nitrogens is 2. The number of carboxylic acids is 1. The van der Waals surface area contributed by atoms with E-state index in [2.05, 4.69) is 16.4 Å². The first-order chi connectivity index (χ1) is 14.3. The molecule has 0 aromatic carbocycles. The molecular formula is C20H18N4O4S2. The minimum Gasteiger partial charge on any atom is -0.478 e. The lowest BCUT2D eigenvalue weighted by atomic mass is 10.1. The number of carbonyl (C=O) groups excluding carboxylic acids is 1. The number of nitriles is 1. The highest BCUT2D eigenvalue weighted by Gasteiger charge is 2.25. The molecule has 0 atom stereocenters. The van der Waals surface area contributed by atoms with Gasteiger partial charge in [0.05, 0.1) is 16.5 Å². The molecule has 0 saturated heterocycles. The van der Waals surface area contributed by atoms with Gasteiger partial charge in [-0.25, -0.2) is 9.78 Å². The number of carbonyl (C=O) groups is 2. The molecule has 1 aliphatic carbocycles. The van der Waals surface area contributed by atoms with Gasteiger partial charge in [-0.2, -0.15) is 5.26 Å². The number of aryl methyl sites for hydroxylation is 1. The first-order valence-corrected chi connectivity index (χ1v) is 11.1. The summed E-state index contributed by atoms with van der Waals surface area (Å²) < 4.78 is 1.23. The van der Waals surface area contributed by atoms with Gasteiger partial charge in [-0.05, 0) is 24.8 Å². The first kappa shape index (κ1) is 20.3. The Morgan fingerprint density at radius 3 is 2.83 bits per heavy atom. The van der Waals surface area contributed by atoms with Gasteiger partial charge in [0.15, 0.2) is 0 Å². The lowest BCUT2D eigenvalue weighted by molar-refractivity contribution is -0.116. The Morgan fingerprint density at radius 2 is 2.17 bits per heavy atom. The van der Waals surface area contributed by atoms with Crippen molar-refractivity contribution in [1.82, 2.24) is 9.55 Å². The smallest absolute Gasteiger partial charge is 0.337 e. The lowest BCUT2D eigenvalue weighted by Crippen LogP contribution is -2.32. The van der Waals surface area contributed by atoms with Crippen molar-refractivity contribution in [3.8, 4) is 6.07 Å². The van der Waals surface area contributed by atoms with Crippen LogP contribution in [-0.4, -0.2) is 26.5 Å². The summed E-state index contributed by atoms with van der Waals surface area (Å²) in [6, 6.07) is 2.18. The van der Waals surface area contributed by atoms with Crippen molar-refractivity contribution < 1.29 is 14.7 Å². The molecule has 0 fully saturated rings. The molecule has 2 N–H and O–H groups in total. The molecule has 30 heavy (non-hydrogen) atoms. The first-order valence-electron chi connectivity index (χ1n) is 9.41.